The number of thiocarbonyl (C=S) groups is 1. The van der Waals surface area contributed by atoms with Gasteiger partial charge in [-0.3, -0.25) is 0 Å². The highest BCUT2D eigenvalue weighted by Crippen LogP contribution is 2.29. The van der Waals surface area contributed by atoms with Crippen molar-refractivity contribution in [2.45, 2.75) is 26.8 Å². The number of hydrogen-bond acceptors (Lipinski definition) is 3. The second-order valence-corrected chi connectivity index (χ2v) is 5.61. The molecule has 1 atom stereocenters. The van der Waals surface area contributed by atoms with Crippen molar-refractivity contribution in [3.63, 3.8) is 0 Å². The Bertz CT molecular complexity index is 651. The van der Waals surface area contributed by atoms with Crippen molar-refractivity contribution < 1.29 is 4.42 Å². The summed E-state index contributed by atoms with van der Waals surface area (Å²) >= 11 is 11.2. The number of nitrogens with two attached hydrogens (primary N) is 1. The van der Waals surface area contributed by atoms with Crippen molar-refractivity contribution >= 4 is 34.5 Å². The van der Waals surface area contributed by atoms with Gasteiger partial charge < -0.3 is 15.5 Å². The molecule has 1 aromatic carbocycles. The fourth-order valence-electron chi connectivity index (χ4n) is 2.29. The van der Waals surface area contributed by atoms with Crippen LogP contribution < -0.4 is 11.1 Å². The van der Waals surface area contributed by atoms with E-state index in [9.17, 15) is 0 Å². The van der Waals surface area contributed by atoms with Gasteiger partial charge in [-0.1, -0.05) is 29.9 Å². The molecule has 0 saturated heterocycles. The Morgan fingerprint density at radius 2 is 2.10 bits per heavy atom. The van der Waals surface area contributed by atoms with Gasteiger partial charge in [-0.2, -0.15) is 0 Å². The summed E-state index contributed by atoms with van der Waals surface area (Å²) in [6.45, 7) is 5.94. The summed E-state index contributed by atoms with van der Waals surface area (Å²) in [6, 6.07) is 7.65. The van der Waals surface area contributed by atoms with Crippen LogP contribution in [-0.4, -0.2) is 4.99 Å². The smallest absolute Gasteiger partial charge is 0.107 e. The Balaban J connectivity index is 2.33. The minimum atomic E-state index is 0.0685. The molecule has 0 saturated carbocycles. The van der Waals surface area contributed by atoms with Gasteiger partial charge in [0.25, 0.3) is 0 Å². The van der Waals surface area contributed by atoms with Gasteiger partial charge in [0.15, 0.2) is 0 Å². The van der Waals surface area contributed by atoms with Gasteiger partial charge in [-0.25, -0.2) is 0 Å². The monoisotopic (exact) mass is 308 g/mol. The van der Waals surface area contributed by atoms with E-state index in [1.54, 1.807) is 6.07 Å². The number of halogens is 1. The molecule has 0 amide bonds. The van der Waals surface area contributed by atoms with E-state index in [1.165, 1.54) is 0 Å². The molecule has 2 rings (SSSR count). The molecule has 1 unspecified atom stereocenters. The Labute approximate surface area is 129 Å². The second kappa shape index (κ2) is 5.85. The molecule has 0 aliphatic carbocycles. The minimum absolute atomic E-state index is 0.0685. The molecular formula is C15H17ClN2OS. The minimum Gasteiger partial charge on any atom is -0.466 e. The summed E-state index contributed by atoms with van der Waals surface area (Å²) in [5.74, 6) is 1.80. The summed E-state index contributed by atoms with van der Waals surface area (Å²) in [7, 11) is 0. The van der Waals surface area contributed by atoms with E-state index in [-0.39, 0.29) is 11.0 Å². The van der Waals surface area contributed by atoms with E-state index in [0.29, 0.717) is 10.6 Å². The maximum absolute atomic E-state index is 6.16. The van der Waals surface area contributed by atoms with E-state index in [1.807, 2.05) is 32.0 Å². The summed E-state index contributed by atoms with van der Waals surface area (Å²) in [4.78, 5) is 0.283. The molecule has 0 radical (unpaired) electrons. The molecule has 0 fully saturated rings. The fraction of sp³-hybridized carbons (Fsp3) is 0.267. The van der Waals surface area contributed by atoms with E-state index in [2.05, 4.69) is 12.2 Å². The van der Waals surface area contributed by atoms with Crippen LogP contribution >= 0.6 is 23.8 Å². The first-order valence-corrected chi connectivity index (χ1v) is 7.10. The lowest BCUT2D eigenvalue weighted by Crippen LogP contribution is -2.15. The van der Waals surface area contributed by atoms with E-state index < -0.39 is 0 Å². The molecule has 20 heavy (non-hydrogen) atoms. The van der Waals surface area contributed by atoms with Crippen molar-refractivity contribution in [3.8, 4) is 0 Å². The normalized spacial score (nSPS) is 12.2. The topological polar surface area (TPSA) is 51.2 Å². The van der Waals surface area contributed by atoms with Crippen molar-refractivity contribution in [1.29, 1.82) is 0 Å². The number of rotatable bonds is 4. The lowest BCUT2D eigenvalue weighted by atomic mass is 10.1. The van der Waals surface area contributed by atoms with Crippen LogP contribution in [-0.2, 0) is 0 Å². The zero-order chi connectivity index (χ0) is 14.9. The quantitative estimate of drug-likeness (QED) is 0.824. The summed E-state index contributed by atoms with van der Waals surface area (Å²) < 4.78 is 5.56. The number of anilines is 1. The third-order valence-corrected chi connectivity index (χ3v) is 3.70. The zero-order valence-electron chi connectivity index (χ0n) is 11.7. The van der Waals surface area contributed by atoms with Gasteiger partial charge in [-0.05, 0) is 39.0 Å². The Morgan fingerprint density at radius 1 is 1.40 bits per heavy atom. The standard InChI is InChI=1S/C15H17ClN2OS/c1-8-7-11(10(3)19-8)9(2)18-13-6-4-5-12(16)14(13)15(17)20/h4-7,9,18H,1-3H3,(H2,17,20). The number of hydrogen-bond donors (Lipinski definition) is 2. The molecule has 0 spiro atoms. The highest BCUT2D eigenvalue weighted by molar-refractivity contribution is 7.80. The third-order valence-electron chi connectivity index (χ3n) is 3.18. The highest BCUT2D eigenvalue weighted by atomic mass is 35.5. The predicted octanol–water partition coefficient (Wildman–Crippen LogP) is 4.36. The van der Waals surface area contributed by atoms with Crippen molar-refractivity contribution in [3.05, 3.63) is 51.9 Å². The molecule has 1 aromatic heterocycles. The Morgan fingerprint density at radius 3 is 2.65 bits per heavy atom. The molecule has 106 valence electrons. The van der Waals surface area contributed by atoms with Gasteiger partial charge >= 0.3 is 0 Å². The van der Waals surface area contributed by atoms with Gasteiger partial charge in [0.1, 0.15) is 16.5 Å². The largest absolute Gasteiger partial charge is 0.466 e. The van der Waals surface area contributed by atoms with Gasteiger partial charge in [-0.15, -0.1) is 0 Å². The molecule has 2 aromatic rings. The molecule has 5 heteroatoms. The van der Waals surface area contributed by atoms with Gasteiger partial charge in [0, 0.05) is 11.3 Å². The maximum atomic E-state index is 6.16. The molecule has 1 heterocycles. The highest BCUT2D eigenvalue weighted by Gasteiger charge is 2.16. The average molecular weight is 309 g/mol. The SMILES string of the molecule is Cc1cc(C(C)Nc2cccc(Cl)c2C(N)=S)c(C)o1. The van der Waals surface area contributed by atoms with Gasteiger partial charge in [0.05, 0.1) is 16.6 Å². The van der Waals surface area contributed by atoms with Crippen LogP contribution in [0.5, 0.6) is 0 Å². The Kier molecular flexibility index (Phi) is 4.35. The number of nitrogens with one attached hydrogen (secondary N) is 1. The molecule has 0 aliphatic rings. The van der Waals surface area contributed by atoms with E-state index in [0.717, 1.165) is 22.8 Å². The van der Waals surface area contributed by atoms with Crippen LogP contribution in [0.3, 0.4) is 0 Å². The van der Waals surface area contributed by atoms with Crippen LogP contribution in [0.25, 0.3) is 0 Å². The van der Waals surface area contributed by atoms with E-state index in [4.69, 9.17) is 34.0 Å². The number of benzene rings is 1. The van der Waals surface area contributed by atoms with Crippen molar-refractivity contribution in [2.75, 3.05) is 5.32 Å². The van der Waals surface area contributed by atoms with E-state index >= 15 is 0 Å². The summed E-state index contributed by atoms with van der Waals surface area (Å²) in [5.41, 5.74) is 8.36. The summed E-state index contributed by atoms with van der Waals surface area (Å²) in [6.07, 6.45) is 0. The first-order valence-electron chi connectivity index (χ1n) is 6.32. The predicted molar refractivity (Wildman–Crippen MR) is 87.6 cm³/mol. The summed E-state index contributed by atoms with van der Waals surface area (Å²) in [5, 5.41) is 3.94. The number of aryl methyl sites for hydroxylation is 2. The lowest BCUT2D eigenvalue weighted by Gasteiger charge is -2.18. The third kappa shape index (κ3) is 2.97. The van der Waals surface area contributed by atoms with Crippen molar-refractivity contribution in [2.24, 2.45) is 5.73 Å². The van der Waals surface area contributed by atoms with Crippen LogP contribution in [0.2, 0.25) is 5.02 Å². The zero-order valence-corrected chi connectivity index (χ0v) is 13.2. The fourth-order valence-corrected chi connectivity index (χ4v) is 2.84. The maximum Gasteiger partial charge on any atom is 0.107 e. The lowest BCUT2D eigenvalue weighted by molar-refractivity contribution is 0.500. The van der Waals surface area contributed by atoms with Crippen LogP contribution in [0.1, 0.15) is 35.6 Å². The van der Waals surface area contributed by atoms with Gasteiger partial charge in [0.2, 0.25) is 0 Å². The van der Waals surface area contributed by atoms with Crippen LogP contribution in [0, 0.1) is 13.8 Å². The van der Waals surface area contributed by atoms with Crippen LogP contribution in [0.4, 0.5) is 5.69 Å². The average Bonchev–Trinajstić information content (AvgIpc) is 2.68. The molecule has 3 nitrogen and oxygen atoms in total. The first-order chi connectivity index (χ1) is 9.40. The molecule has 0 aliphatic heterocycles. The number of furan rings is 1. The molecule has 3 N–H and O–H groups in total. The first kappa shape index (κ1) is 14.9. The van der Waals surface area contributed by atoms with Crippen LogP contribution in [0.15, 0.2) is 28.7 Å². The Hall–Kier alpha value is -1.52. The second-order valence-electron chi connectivity index (χ2n) is 4.76. The van der Waals surface area contributed by atoms with Crippen molar-refractivity contribution in [1.82, 2.24) is 0 Å². The molecular weight excluding hydrogens is 292 g/mol. The molecule has 0 bridgehead atoms.